The molecule has 0 atom stereocenters. The van der Waals surface area contributed by atoms with Crippen molar-refractivity contribution in [2.45, 2.75) is 30.3 Å². The molecule has 0 bridgehead atoms. The molecule has 140 valence electrons. The van der Waals surface area contributed by atoms with Gasteiger partial charge in [-0.3, -0.25) is 4.79 Å². The average molecular weight is 384 g/mol. The molecular weight excluding hydrogens is 363 g/mol. The highest BCUT2D eigenvalue weighted by Crippen LogP contribution is 2.40. The molecule has 5 nitrogen and oxygen atoms in total. The Morgan fingerprint density at radius 3 is 2.70 bits per heavy atom. The lowest BCUT2D eigenvalue weighted by Gasteiger charge is -2.15. The molecule has 1 aliphatic carbocycles. The lowest BCUT2D eigenvalue weighted by molar-refractivity contribution is 0.0950. The van der Waals surface area contributed by atoms with Crippen molar-refractivity contribution in [1.29, 1.82) is 5.26 Å². The van der Waals surface area contributed by atoms with E-state index in [0.717, 1.165) is 18.5 Å². The summed E-state index contributed by atoms with van der Waals surface area (Å²) in [7, 11) is 3.54. The number of anilines is 1. The third kappa shape index (κ3) is 4.22. The summed E-state index contributed by atoms with van der Waals surface area (Å²) in [5, 5.41) is 12.9. The molecule has 1 aromatic heterocycles. The normalized spacial score (nSPS) is 13.1. The van der Waals surface area contributed by atoms with Crippen LogP contribution in [0.5, 0.6) is 0 Å². The zero-order chi connectivity index (χ0) is 19.6. The van der Waals surface area contributed by atoms with Crippen molar-refractivity contribution >= 4 is 23.4 Å². The monoisotopic (exact) mass is 384 g/mol. The molecular formula is C20H21FN4OS. The van der Waals surface area contributed by atoms with Gasteiger partial charge in [0.1, 0.15) is 16.9 Å². The fraction of sp³-hybridized carbons (Fsp3) is 0.350. The highest BCUT2D eigenvalue weighted by atomic mass is 32.2. The zero-order valence-electron chi connectivity index (χ0n) is 15.5. The molecule has 0 aliphatic heterocycles. The number of benzene rings is 1. The van der Waals surface area contributed by atoms with Crippen LogP contribution in [0.25, 0.3) is 0 Å². The summed E-state index contributed by atoms with van der Waals surface area (Å²) in [6.45, 7) is 0.185. The van der Waals surface area contributed by atoms with Crippen LogP contribution >= 0.6 is 11.8 Å². The molecule has 2 aromatic rings. The minimum atomic E-state index is -0.344. The Hall–Kier alpha value is -2.59. The molecule has 0 radical (unpaired) electrons. The van der Waals surface area contributed by atoms with Gasteiger partial charge in [0.25, 0.3) is 5.91 Å². The largest absolute Gasteiger partial charge is 0.375 e. The number of pyridine rings is 1. The van der Waals surface area contributed by atoms with Gasteiger partial charge in [-0.25, -0.2) is 9.37 Å². The van der Waals surface area contributed by atoms with Crippen molar-refractivity contribution in [3.05, 3.63) is 52.5 Å². The van der Waals surface area contributed by atoms with Crippen LogP contribution in [-0.4, -0.2) is 31.2 Å². The first kappa shape index (κ1) is 19.2. The summed E-state index contributed by atoms with van der Waals surface area (Å²) >= 11 is 1.36. The first-order valence-electron chi connectivity index (χ1n) is 8.67. The number of nitriles is 1. The second-order valence-corrected chi connectivity index (χ2v) is 7.52. The van der Waals surface area contributed by atoms with E-state index in [0.29, 0.717) is 33.3 Å². The van der Waals surface area contributed by atoms with Crippen LogP contribution in [0.4, 0.5) is 10.1 Å². The Morgan fingerprint density at radius 2 is 2.15 bits per heavy atom. The van der Waals surface area contributed by atoms with Crippen LogP contribution in [0.1, 0.15) is 45.9 Å². The minimum Gasteiger partial charge on any atom is -0.375 e. The second kappa shape index (κ2) is 7.97. The number of nitrogens with one attached hydrogen (secondary N) is 1. The molecule has 3 rings (SSSR count). The van der Waals surface area contributed by atoms with Crippen molar-refractivity contribution in [2.75, 3.05) is 25.3 Å². The van der Waals surface area contributed by atoms with E-state index in [1.807, 2.05) is 6.26 Å². The van der Waals surface area contributed by atoms with Crippen molar-refractivity contribution in [1.82, 2.24) is 10.3 Å². The number of amides is 1. The maximum Gasteiger partial charge on any atom is 0.253 e. The zero-order valence-corrected chi connectivity index (χ0v) is 16.4. The molecule has 0 unspecified atom stereocenters. The van der Waals surface area contributed by atoms with Crippen LogP contribution in [0.2, 0.25) is 0 Å². The third-order valence-electron chi connectivity index (χ3n) is 4.50. The molecule has 1 saturated carbocycles. The topological polar surface area (TPSA) is 69.0 Å². The van der Waals surface area contributed by atoms with Gasteiger partial charge in [0.05, 0.1) is 16.8 Å². The number of aromatic nitrogens is 1. The number of halogens is 1. The van der Waals surface area contributed by atoms with Gasteiger partial charge < -0.3 is 10.2 Å². The number of carbonyl (C=O) groups excluding carboxylic acids is 1. The molecule has 27 heavy (non-hydrogen) atoms. The van der Waals surface area contributed by atoms with Crippen LogP contribution in [0.15, 0.2) is 29.3 Å². The van der Waals surface area contributed by atoms with Gasteiger partial charge in [-0.1, -0.05) is 6.07 Å². The summed E-state index contributed by atoms with van der Waals surface area (Å²) in [6.07, 6.45) is 3.97. The number of carbonyl (C=O) groups is 1. The van der Waals surface area contributed by atoms with Gasteiger partial charge in [0.2, 0.25) is 0 Å². The van der Waals surface area contributed by atoms with Gasteiger partial charge in [0.15, 0.2) is 0 Å². The van der Waals surface area contributed by atoms with E-state index in [1.165, 1.54) is 17.8 Å². The van der Waals surface area contributed by atoms with E-state index in [1.54, 1.807) is 37.2 Å². The molecule has 1 aliphatic rings. The number of hydrogen-bond donors (Lipinski definition) is 1. The van der Waals surface area contributed by atoms with Gasteiger partial charge in [0, 0.05) is 32.3 Å². The van der Waals surface area contributed by atoms with Crippen molar-refractivity contribution in [3.8, 4) is 6.07 Å². The number of rotatable bonds is 6. The number of nitrogens with zero attached hydrogens (tertiary/aromatic N) is 3. The molecule has 1 aromatic carbocycles. The Labute approximate surface area is 162 Å². The number of hydrogen-bond acceptors (Lipinski definition) is 5. The van der Waals surface area contributed by atoms with Crippen LogP contribution < -0.4 is 10.2 Å². The number of thioether (sulfide) groups is 1. The van der Waals surface area contributed by atoms with Crippen LogP contribution in [0, 0.1) is 17.1 Å². The van der Waals surface area contributed by atoms with Crippen molar-refractivity contribution in [2.24, 2.45) is 0 Å². The summed E-state index contributed by atoms with van der Waals surface area (Å²) in [5.74, 6) is -0.305. The first-order valence-corrected chi connectivity index (χ1v) is 9.90. The van der Waals surface area contributed by atoms with Crippen molar-refractivity contribution < 1.29 is 9.18 Å². The quantitative estimate of drug-likeness (QED) is 0.770. The first-order chi connectivity index (χ1) is 12.9. The average Bonchev–Trinajstić information content (AvgIpc) is 3.49. The van der Waals surface area contributed by atoms with Crippen LogP contribution in [0.3, 0.4) is 0 Å². The molecule has 0 saturated heterocycles. The summed E-state index contributed by atoms with van der Waals surface area (Å²) < 4.78 is 14.1. The highest BCUT2D eigenvalue weighted by Gasteiger charge is 2.28. The van der Waals surface area contributed by atoms with E-state index >= 15 is 0 Å². The Kier molecular flexibility index (Phi) is 5.66. The van der Waals surface area contributed by atoms with E-state index in [4.69, 9.17) is 0 Å². The Morgan fingerprint density at radius 1 is 1.41 bits per heavy atom. The summed E-state index contributed by atoms with van der Waals surface area (Å²) in [5.41, 5.74) is 2.64. The fourth-order valence-corrected chi connectivity index (χ4v) is 3.42. The summed E-state index contributed by atoms with van der Waals surface area (Å²) in [6, 6.07) is 8.70. The Bertz CT molecular complexity index is 919. The van der Waals surface area contributed by atoms with Gasteiger partial charge in [-0.15, -0.1) is 11.8 Å². The molecule has 7 heteroatoms. The molecule has 1 amide bonds. The lowest BCUT2D eigenvalue weighted by atomic mass is 10.1. The van der Waals surface area contributed by atoms with E-state index < -0.39 is 0 Å². The van der Waals surface area contributed by atoms with Crippen LogP contribution in [-0.2, 0) is 6.54 Å². The predicted octanol–water partition coefficient (Wildman–Crippen LogP) is 3.69. The highest BCUT2D eigenvalue weighted by molar-refractivity contribution is 7.98. The predicted molar refractivity (Wildman–Crippen MR) is 105 cm³/mol. The smallest absolute Gasteiger partial charge is 0.253 e. The fourth-order valence-electron chi connectivity index (χ4n) is 2.86. The summed E-state index contributed by atoms with van der Waals surface area (Å²) in [4.78, 5) is 18.9. The van der Waals surface area contributed by atoms with E-state index in [2.05, 4.69) is 16.4 Å². The molecule has 0 spiro atoms. The van der Waals surface area contributed by atoms with E-state index in [9.17, 15) is 14.4 Å². The van der Waals surface area contributed by atoms with Crippen molar-refractivity contribution in [3.63, 3.8) is 0 Å². The third-order valence-corrected chi connectivity index (χ3v) is 5.18. The SMILES string of the molecule is CSc1nc(C2CC2)cc(C(=O)NCc2ccc(N(C)C)c(F)c2)c1C#N. The molecule has 1 heterocycles. The lowest BCUT2D eigenvalue weighted by Crippen LogP contribution is -2.24. The second-order valence-electron chi connectivity index (χ2n) is 6.73. The Balaban J connectivity index is 1.81. The van der Waals surface area contributed by atoms with E-state index in [-0.39, 0.29) is 18.3 Å². The standard InChI is InChI=1S/C20H21FN4OS/c1-25(2)18-7-4-12(8-16(18)21)11-23-19(26)14-9-17(13-5-6-13)24-20(27-3)15(14)10-22/h4,7-9,13H,5-6,11H2,1-3H3,(H,23,26). The van der Waals surface area contributed by atoms with Gasteiger partial charge in [-0.05, 0) is 42.9 Å². The minimum absolute atomic E-state index is 0.185. The maximum atomic E-state index is 14.1. The molecule has 1 fully saturated rings. The maximum absolute atomic E-state index is 14.1. The van der Waals surface area contributed by atoms with Gasteiger partial charge >= 0.3 is 0 Å². The van der Waals surface area contributed by atoms with Gasteiger partial charge in [-0.2, -0.15) is 5.26 Å². The molecule has 1 N–H and O–H groups in total.